The number of rotatable bonds is 5. The van der Waals surface area contributed by atoms with Gasteiger partial charge in [-0.2, -0.15) is 5.10 Å². The first-order chi connectivity index (χ1) is 9.13. The highest BCUT2D eigenvalue weighted by molar-refractivity contribution is 9.10. The Morgan fingerprint density at radius 1 is 1.32 bits per heavy atom. The molecule has 2 rings (SSSR count). The van der Waals surface area contributed by atoms with E-state index in [1.807, 2.05) is 30.8 Å². The molecule has 1 N–H and O–H groups in total. The van der Waals surface area contributed by atoms with Gasteiger partial charge in [-0.25, -0.2) is 9.67 Å². The number of nitrogens with one attached hydrogen (secondary N) is 1. The Labute approximate surface area is 122 Å². The molecular weight excluding hydrogens is 304 g/mol. The van der Waals surface area contributed by atoms with Crippen LogP contribution >= 0.6 is 15.9 Å². The predicted octanol–water partition coefficient (Wildman–Crippen LogP) is 3.15. The molecule has 5 heteroatoms. The van der Waals surface area contributed by atoms with Crippen LogP contribution in [0.3, 0.4) is 0 Å². The second kappa shape index (κ2) is 6.30. The molecule has 102 valence electrons. The van der Waals surface area contributed by atoms with Crippen LogP contribution in [0.2, 0.25) is 0 Å². The van der Waals surface area contributed by atoms with Crippen LogP contribution < -0.4 is 5.32 Å². The van der Waals surface area contributed by atoms with Gasteiger partial charge in [0.15, 0.2) is 5.82 Å². The Morgan fingerprint density at radius 3 is 2.63 bits per heavy atom. The zero-order valence-corrected chi connectivity index (χ0v) is 13.2. The number of pyridine rings is 1. The molecule has 0 fully saturated rings. The number of nitrogens with zero attached hydrogens (tertiary/aromatic N) is 3. The molecule has 4 nitrogen and oxygen atoms in total. The van der Waals surface area contributed by atoms with Crippen molar-refractivity contribution in [1.82, 2.24) is 20.1 Å². The van der Waals surface area contributed by atoms with Crippen molar-refractivity contribution >= 4 is 15.9 Å². The monoisotopic (exact) mass is 322 g/mol. The second-order valence-electron chi connectivity index (χ2n) is 4.60. The zero-order chi connectivity index (χ0) is 13.8. The van der Waals surface area contributed by atoms with Crippen molar-refractivity contribution in [2.24, 2.45) is 0 Å². The Morgan fingerprint density at radius 2 is 2.11 bits per heavy atom. The van der Waals surface area contributed by atoms with E-state index in [0.717, 1.165) is 41.2 Å². The van der Waals surface area contributed by atoms with Crippen molar-refractivity contribution in [3.8, 4) is 5.82 Å². The summed E-state index contributed by atoms with van der Waals surface area (Å²) in [5, 5.41) is 7.84. The first-order valence-corrected chi connectivity index (χ1v) is 7.30. The van der Waals surface area contributed by atoms with E-state index in [2.05, 4.69) is 44.3 Å². The van der Waals surface area contributed by atoms with Crippen molar-refractivity contribution in [3.05, 3.63) is 39.8 Å². The number of hydrogen-bond acceptors (Lipinski definition) is 3. The van der Waals surface area contributed by atoms with Crippen LogP contribution in [0.1, 0.15) is 30.3 Å². The minimum atomic E-state index is 0.852. The number of aromatic nitrogens is 3. The Balaban J connectivity index is 2.15. The topological polar surface area (TPSA) is 42.7 Å². The first kappa shape index (κ1) is 14.2. The van der Waals surface area contributed by atoms with Crippen molar-refractivity contribution in [2.75, 3.05) is 6.54 Å². The fraction of sp³-hybridized carbons (Fsp3) is 0.429. The Kier molecular flexibility index (Phi) is 4.71. The van der Waals surface area contributed by atoms with E-state index in [1.165, 1.54) is 5.56 Å². The van der Waals surface area contributed by atoms with Gasteiger partial charge in [0, 0.05) is 12.7 Å². The molecule has 0 amide bonds. The van der Waals surface area contributed by atoms with Gasteiger partial charge in [0.05, 0.1) is 15.9 Å². The fourth-order valence-corrected chi connectivity index (χ4v) is 2.15. The van der Waals surface area contributed by atoms with Crippen LogP contribution in [-0.4, -0.2) is 21.3 Å². The molecule has 0 aliphatic heterocycles. The minimum absolute atomic E-state index is 0.852. The fourth-order valence-electron chi connectivity index (χ4n) is 1.90. The molecule has 2 heterocycles. The summed E-state index contributed by atoms with van der Waals surface area (Å²) >= 11 is 3.53. The molecule has 0 aliphatic rings. The van der Waals surface area contributed by atoms with Gasteiger partial charge in [0.25, 0.3) is 0 Å². The van der Waals surface area contributed by atoms with Crippen LogP contribution in [0.4, 0.5) is 0 Å². The van der Waals surface area contributed by atoms with E-state index in [-0.39, 0.29) is 0 Å². The maximum atomic E-state index is 4.48. The minimum Gasteiger partial charge on any atom is -0.313 e. The van der Waals surface area contributed by atoms with Crippen molar-refractivity contribution in [1.29, 1.82) is 0 Å². The molecule has 2 aromatic heterocycles. The Bertz CT molecular complexity index is 545. The first-order valence-electron chi connectivity index (χ1n) is 6.51. The van der Waals surface area contributed by atoms with E-state index < -0.39 is 0 Å². The molecule has 0 aromatic carbocycles. The third-order valence-electron chi connectivity index (χ3n) is 2.99. The molecule has 0 radical (unpaired) electrons. The lowest BCUT2D eigenvalue weighted by Gasteiger charge is -2.06. The van der Waals surface area contributed by atoms with E-state index >= 15 is 0 Å². The third kappa shape index (κ3) is 3.22. The summed E-state index contributed by atoms with van der Waals surface area (Å²) in [6, 6.07) is 4.10. The highest BCUT2D eigenvalue weighted by atomic mass is 79.9. The van der Waals surface area contributed by atoms with Gasteiger partial charge in [-0.15, -0.1) is 0 Å². The molecule has 0 bridgehead atoms. The summed E-state index contributed by atoms with van der Waals surface area (Å²) in [5.74, 6) is 0.852. The second-order valence-corrected chi connectivity index (χ2v) is 5.39. The molecule has 0 aliphatic carbocycles. The van der Waals surface area contributed by atoms with Crippen LogP contribution in [0.15, 0.2) is 22.8 Å². The van der Waals surface area contributed by atoms with E-state index in [4.69, 9.17) is 0 Å². The molecule has 0 saturated carbocycles. The van der Waals surface area contributed by atoms with Crippen LogP contribution in [0.5, 0.6) is 0 Å². The van der Waals surface area contributed by atoms with Crippen molar-refractivity contribution < 1.29 is 0 Å². The number of hydrogen-bond donors (Lipinski definition) is 1. The molecule has 0 spiro atoms. The summed E-state index contributed by atoms with van der Waals surface area (Å²) in [7, 11) is 0. The van der Waals surface area contributed by atoms with Crippen LogP contribution in [-0.2, 0) is 6.54 Å². The van der Waals surface area contributed by atoms with Gasteiger partial charge in [-0.3, -0.25) is 0 Å². The van der Waals surface area contributed by atoms with Gasteiger partial charge in [-0.1, -0.05) is 13.0 Å². The highest BCUT2D eigenvalue weighted by Gasteiger charge is 2.10. The smallest absolute Gasteiger partial charge is 0.153 e. The van der Waals surface area contributed by atoms with Crippen molar-refractivity contribution in [3.63, 3.8) is 0 Å². The number of aryl methyl sites for hydroxylation is 1. The molecule has 0 unspecified atom stereocenters. The van der Waals surface area contributed by atoms with Gasteiger partial charge >= 0.3 is 0 Å². The molecule has 0 atom stereocenters. The maximum Gasteiger partial charge on any atom is 0.153 e. The van der Waals surface area contributed by atoms with Gasteiger partial charge in [0.2, 0.25) is 0 Å². The van der Waals surface area contributed by atoms with Crippen LogP contribution in [0, 0.1) is 13.8 Å². The molecule has 0 saturated heterocycles. The molecule has 19 heavy (non-hydrogen) atoms. The summed E-state index contributed by atoms with van der Waals surface area (Å²) < 4.78 is 2.91. The lowest BCUT2D eigenvalue weighted by Crippen LogP contribution is -2.14. The average Bonchev–Trinajstić information content (AvgIpc) is 2.68. The summed E-state index contributed by atoms with van der Waals surface area (Å²) in [5.41, 5.74) is 3.24. The third-order valence-corrected chi connectivity index (χ3v) is 4.13. The summed E-state index contributed by atoms with van der Waals surface area (Å²) in [6.45, 7) is 8.07. The lowest BCUT2D eigenvalue weighted by molar-refractivity contribution is 0.673. The van der Waals surface area contributed by atoms with Gasteiger partial charge in [0.1, 0.15) is 0 Å². The quantitative estimate of drug-likeness (QED) is 0.860. The maximum absolute atomic E-state index is 4.48. The number of halogens is 1. The lowest BCUT2D eigenvalue weighted by atomic mass is 10.2. The standard InChI is InChI=1S/C14H19BrN4/c1-4-7-16-8-12-5-6-13(17-9-12)19-11(3)14(15)10(2)18-19/h5-6,9,16H,4,7-8H2,1-3H3. The average molecular weight is 323 g/mol. The Hall–Kier alpha value is -1.20. The molecule has 2 aromatic rings. The van der Waals surface area contributed by atoms with E-state index in [0.29, 0.717) is 0 Å². The zero-order valence-electron chi connectivity index (χ0n) is 11.6. The normalized spacial score (nSPS) is 10.9. The van der Waals surface area contributed by atoms with E-state index in [9.17, 15) is 0 Å². The SMILES string of the molecule is CCCNCc1ccc(-n2nc(C)c(Br)c2C)nc1. The van der Waals surface area contributed by atoms with Crippen molar-refractivity contribution in [2.45, 2.75) is 33.7 Å². The summed E-state index contributed by atoms with van der Waals surface area (Å²) in [6.07, 6.45) is 3.05. The summed E-state index contributed by atoms with van der Waals surface area (Å²) in [4.78, 5) is 4.48. The molecular formula is C14H19BrN4. The van der Waals surface area contributed by atoms with Gasteiger partial charge < -0.3 is 5.32 Å². The van der Waals surface area contributed by atoms with E-state index in [1.54, 1.807) is 0 Å². The highest BCUT2D eigenvalue weighted by Crippen LogP contribution is 2.22. The predicted molar refractivity (Wildman–Crippen MR) is 80.5 cm³/mol. The van der Waals surface area contributed by atoms with Gasteiger partial charge in [-0.05, 0) is 54.4 Å². The largest absolute Gasteiger partial charge is 0.313 e. The van der Waals surface area contributed by atoms with Crippen LogP contribution in [0.25, 0.3) is 5.82 Å².